The van der Waals surface area contributed by atoms with Crippen LogP contribution in [0.15, 0.2) is 0 Å². The van der Waals surface area contributed by atoms with E-state index in [2.05, 4.69) is 27.7 Å². The van der Waals surface area contributed by atoms with Gasteiger partial charge in [0.15, 0.2) is 0 Å². The molecule has 0 aliphatic carbocycles. The highest BCUT2D eigenvalue weighted by Crippen LogP contribution is 2.19. The normalized spacial score (nSPS) is 11.3. The van der Waals surface area contributed by atoms with Gasteiger partial charge in [-0.25, -0.2) is 0 Å². The van der Waals surface area contributed by atoms with E-state index in [-0.39, 0.29) is 0 Å². The van der Waals surface area contributed by atoms with Crippen LogP contribution in [0.3, 0.4) is 0 Å². The lowest BCUT2D eigenvalue weighted by atomic mass is 10.6. The molecule has 2 heteroatoms. The Hall–Kier alpha value is 0.700. The lowest BCUT2D eigenvalue weighted by Crippen LogP contribution is -1.90. The van der Waals surface area contributed by atoms with Crippen molar-refractivity contribution in [1.82, 2.24) is 0 Å². The van der Waals surface area contributed by atoms with E-state index in [0.29, 0.717) is 0 Å². The zero-order valence-corrected chi connectivity index (χ0v) is 8.31. The van der Waals surface area contributed by atoms with Crippen LogP contribution < -0.4 is 0 Å². The van der Waals surface area contributed by atoms with Gasteiger partial charge in [0.2, 0.25) is 0 Å². The van der Waals surface area contributed by atoms with Crippen molar-refractivity contribution in [2.75, 3.05) is 5.08 Å². The Morgan fingerprint density at radius 3 is 1.44 bits per heavy atom. The summed E-state index contributed by atoms with van der Waals surface area (Å²) in [6, 6.07) is 0. The minimum Gasteiger partial charge on any atom is -0.148 e. The number of rotatable bonds is 4. The minimum atomic E-state index is 0.788. The van der Waals surface area contributed by atoms with Crippen molar-refractivity contribution in [2.24, 2.45) is 0 Å². The van der Waals surface area contributed by atoms with Crippen LogP contribution in [0.5, 0.6) is 0 Å². The summed E-state index contributed by atoms with van der Waals surface area (Å²) >= 11 is 4.05. The number of hydrogen-bond donors (Lipinski definition) is 0. The summed E-state index contributed by atoms with van der Waals surface area (Å²) < 4.78 is 0. The Morgan fingerprint density at radius 2 is 1.22 bits per heavy atom. The van der Waals surface area contributed by atoms with Gasteiger partial charge >= 0.3 is 0 Å². The van der Waals surface area contributed by atoms with Gasteiger partial charge in [0.1, 0.15) is 0 Å². The van der Waals surface area contributed by atoms with Crippen molar-refractivity contribution in [2.45, 2.75) is 38.2 Å². The summed E-state index contributed by atoms with van der Waals surface area (Å²) in [5.41, 5.74) is 0. The molecule has 0 aromatic carbocycles. The molecule has 0 amide bonds. The molecule has 0 radical (unpaired) electrons. The van der Waals surface area contributed by atoms with E-state index < -0.39 is 0 Å². The van der Waals surface area contributed by atoms with Gasteiger partial charge in [-0.05, 0) is 10.5 Å². The topological polar surface area (TPSA) is 0 Å². The maximum Gasteiger partial charge on any atom is 0.0397 e. The van der Waals surface area contributed by atoms with Crippen LogP contribution in [-0.2, 0) is 0 Å². The van der Waals surface area contributed by atoms with Gasteiger partial charge < -0.3 is 0 Å². The monoisotopic (exact) mass is 164 g/mol. The fraction of sp³-hybridized carbons (Fsp3) is 1.00. The highest BCUT2D eigenvalue weighted by Gasteiger charge is 1.95. The maximum atomic E-state index is 2.24. The number of hydrogen-bond acceptors (Lipinski definition) is 2. The van der Waals surface area contributed by atoms with Crippen LogP contribution in [0.25, 0.3) is 0 Å². The Morgan fingerprint density at radius 1 is 0.889 bits per heavy atom. The minimum absolute atomic E-state index is 0.788. The van der Waals surface area contributed by atoms with E-state index in [4.69, 9.17) is 0 Å². The molecule has 0 atom stereocenters. The third-order valence-electron chi connectivity index (χ3n) is 0.803. The maximum absolute atomic E-state index is 2.24. The fourth-order valence-electron chi connectivity index (χ4n) is 0.311. The van der Waals surface area contributed by atoms with Gasteiger partial charge in [-0.15, -0.1) is 23.5 Å². The molecule has 0 unspecified atom stereocenters. The molecule has 0 bridgehead atoms. The Kier molecular flexibility index (Phi) is 5.91. The van der Waals surface area contributed by atoms with Crippen LogP contribution in [0.1, 0.15) is 27.7 Å². The molecule has 56 valence electrons. The SMILES string of the molecule is CC(C)SCSC(C)C. The molecule has 0 saturated heterocycles. The molecule has 0 aromatic heterocycles. The molecule has 0 aliphatic rings. The summed E-state index contributed by atoms with van der Waals surface area (Å²) in [5, 5.41) is 2.82. The van der Waals surface area contributed by atoms with E-state index in [1.807, 2.05) is 23.5 Å². The summed E-state index contributed by atoms with van der Waals surface area (Å²) in [4.78, 5) is 0. The van der Waals surface area contributed by atoms with E-state index in [1.165, 1.54) is 5.08 Å². The number of thioether (sulfide) groups is 2. The van der Waals surface area contributed by atoms with Crippen molar-refractivity contribution in [3.8, 4) is 0 Å². The first-order valence-electron chi connectivity index (χ1n) is 3.36. The van der Waals surface area contributed by atoms with Crippen molar-refractivity contribution >= 4 is 23.5 Å². The molecule has 0 aromatic rings. The third kappa shape index (κ3) is 8.70. The molecule has 0 aliphatic heterocycles. The lowest BCUT2D eigenvalue weighted by Gasteiger charge is -2.05. The average Bonchev–Trinajstić information content (AvgIpc) is 1.63. The second-order valence-corrected chi connectivity index (χ2v) is 6.04. The Labute approximate surface area is 67.2 Å². The third-order valence-corrected chi connectivity index (χ3v) is 3.22. The lowest BCUT2D eigenvalue weighted by molar-refractivity contribution is 1.11. The predicted octanol–water partition coefficient (Wildman–Crippen LogP) is 3.23. The summed E-state index contributed by atoms with van der Waals surface area (Å²) in [5.74, 6) is 0. The van der Waals surface area contributed by atoms with E-state index in [9.17, 15) is 0 Å². The van der Waals surface area contributed by atoms with Gasteiger partial charge in [-0.2, -0.15) is 0 Å². The summed E-state index contributed by atoms with van der Waals surface area (Å²) in [6.07, 6.45) is 0. The Bertz CT molecular complexity index is 51.9. The van der Waals surface area contributed by atoms with E-state index >= 15 is 0 Å². The van der Waals surface area contributed by atoms with Crippen molar-refractivity contribution in [3.63, 3.8) is 0 Å². The average molecular weight is 164 g/mol. The zero-order chi connectivity index (χ0) is 7.28. The molecule has 0 saturated carbocycles. The molecule has 0 heterocycles. The molecule has 9 heavy (non-hydrogen) atoms. The summed E-state index contributed by atoms with van der Waals surface area (Å²) in [7, 11) is 0. The van der Waals surface area contributed by atoms with Crippen molar-refractivity contribution in [1.29, 1.82) is 0 Å². The second kappa shape index (κ2) is 5.48. The van der Waals surface area contributed by atoms with Crippen LogP contribution in [-0.4, -0.2) is 15.6 Å². The first-order chi connectivity index (χ1) is 4.13. The molecular weight excluding hydrogens is 148 g/mol. The predicted molar refractivity (Wildman–Crippen MR) is 50.3 cm³/mol. The standard InChI is InChI=1S/C7H16S2/c1-6(2)8-5-9-7(3)4/h6-7H,5H2,1-4H3. The van der Waals surface area contributed by atoms with Gasteiger partial charge in [-0.3, -0.25) is 0 Å². The highest BCUT2D eigenvalue weighted by molar-refractivity contribution is 8.16. The molecule has 0 nitrogen and oxygen atoms in total. The van der Waals surface area contributed by atoms with Crippen LogP contribution in [0, 0.1) is 0 Å². The quantitative estimate of drug-likeness (QED) is 0.585. The fourth-order valence-corrected chi connectivity index (χ4v) is 2.80. The van der Waals surface area contributed by atoms with Crippen molar-refractivity contribution in [3.05, 3.63) is 0 Å². The Balaban J connectivity index is 2.91. The van der Waals surface area contributed by atoms with Crippen LogP contribution in [0.2, 0.25) is 0 Å². The van der Waals surface area contributed by atoms with Gasteiger partial charge in [0.05, 0.1) is 0 Å². The van der Waals surface area contributed by atoms with E-state index in [1.54, 1.807) is 0 Å². The largest absolute Gasteiger partial charge is 0.148 e. The molecule has 0 spiro atoms. The molecule has 0 N–H and O–H groups in total. The van der Waals surface area contributed by atoms with E-state index in [0.717, 1.165) is 10.5 Å². The van der Waals surface area contributed by atoms with Gasteiger partial charge in [-0.1, -0.05) is 27.7 Å². The van der Waals surface area contributed by atoms with Crippen LogP contribution >= 0.6 is 23.5 Å². The van der Waals surface area contributed by atoms with Gasteiger partial charge in [0, 0.05) is 5.08 Å². The van der Waals surface area contributed by atoms with Crippen molar-refractivity contribution < 1.29 is 0 Å². The smallest absolute Gasteiger partial charge is 0.0397 e. The highest BCUT2D eigenvalue weighted by atomic mass is 32.2. The molecular formula is C7H16S2. The first-order valence-corrected chi connectivity index (χ1v) is 5.46. The molecule has 0 rings (SSSR count). The summed E-state index contributed by atoms with van der Waals surface area (Å²) in [6.45, 7) is 8.97. The van der Waals surface area contributed by atoms with Gasteiger partial charge in [0.25, 0.3) is 0 Å². The van der Waals surface area contributed by atoms with Crippen LogP contribution in [0.4, 0.5) is 0 Å². The second-order valence-electron chi connectivity index (χ2n) is 2.55. The zero-order valence-electron chi connectivity index (χ0n) is 6.68. The molecule has 0 fully saturated rings. The first kappa shape index (κ1) is 9.70.